The van der Waals surface area contributed by atoms with E-state index in [0.29, 0.717) is 16.5 Å². The Hall–Kier alpha value is -0.390. The predicted octanol–water partition coefficient (Wildman–Crippen LogP) is 3.29. The minimum atomic E-state index is 0. The van der Waals surface area contributed by atoms with Crippen molar-refractivity contribution in [3.63, 3.8) is 0 Å². The van der Waals surface area contributed by atoms with E-state index in [1.54, 1.807) is 14.2 Å². The third-order valence-electron chi connectivity index (χ3n) is 3.71. The number of ether oxygens (including phenoxy) is 2. The summed E-state index contributed by atoms with van der Waals surface area (Å²) >= 11 is 6.20. The van der Waals surface area contributed by atoms with E-state index in [4.69, 9.17) is 21.1 Å². The van der Waals surface area contributed by atoms with Gasteiger partial charge >= 0.3 is 0 Å². The zero-order chi connectivity index (χ0) is 14.4. The number of piperidine rings is 1. The summed E-state index contributed by atoms with van der Waals surface area (Å²) in [5.41, 5.74) is 1.11. The van der Waals surface area contributed by atoms with Crippen molar-refractivity contribution in [2.45, 2.75) is 19.4 Å². The Morgan fingerprint density at radius 2 is 1.86 bits per heavy atom. The van der Waals surface area contributed by atoms with Crippen LogP contribution in [0.4, 0.5) is 0 Å². The Labute approximate surface area is 150 Å². The van der Waals surface area contributed by atoms with Gasteiger partial charge < -0.3 is 20.1 Å². The zero-order valence-corrected chi connectivity index (χ0v) is 15.4. The normalized spacial score (nSPS) is 14.7. The third kappa shape index (κ3) is 6.01. The highest BCUT2D eigenvalue weighted by molar-refractivity contribution is 6.32. The highest BCUT2D eigenvalue weighted by Crippen LogP contribution is 2.35. The minimum Gasteiger partial charge on any atom is -0.493 e. The van der Waals surface area contributed by atoms with Gasteiger partial charge in [0.15, 0.2) is 11.5 Å². The molecular weight excluding hydrogens is 347 g/mol. The molecule has 2 rings (SSSR count). The summed E-state index contributed by atoms with van der Waals surface area (Å²) in [7, 11) is 3.22. The van der Waals surface area contributed by atoms with E-state index >= 15 is 0 Å². The van der Waals surface area contributed by atoms with Gasteiger partial charge in [-0.15, -0.1) is 24.8 Å². The van der Waals surface area contributed by atoms with Gasteiger partial charge in [-0.3, -0.25) is 0 Å². The predicted molar refractivity (Wildman–Crippen MR) is 96.4 cm³/mol. The Bertz CT molecular complexity index is 441. The monoisotopic (exact) mass is 370 g/mol. The van der Waals surface area contributed by atoms with Crippen LogP contribution in [0.1, 0.15) is 18.4 Å². The molecule has 1 aromatic rings. The van der Waals surface area contributed by atoms with Crippen molar-refractivity contribution in [1.82, 2.24) is 10.6 Å². The third-order valence-corrected chi connectivity index (χ3v) is 3.99. The smallest absolute Gasteiger partial charge is 0.179 e. The summed E-state index contributed by atoms with van der Waals surface area (Å²) in [6.07, 6.45) is 2.50. The second kappa shape index (κ2) is 11.2. The largest absolute Gasteiger partial charge is 0.493 e. The molecular formula is C15H25Cl3N2O2. The minimum absolute atomic E-state index is 0. The molecule has 0 aliphatic carbocycles. The van der Waals surface area contributed by atoms with Crippen LogP contribution >= 0.6 is 36.4 Å². The highest BCUT2D eigenvalue weighted by Gasteiger charge is 2.13. The van der Waals surface area contributed by atoms with Gasteiger partial charge in [-0.2, -0.15) is 0 Å². The molecule has 0 spiro atoms. The number of hydrogen-bond acceptors (Lipinski definition) is 4. The summed E-state index contributed by atoms with van der Waals surface area (Å²) in [5, 5.41) is 7.48. The summed E-state index contributed by atoms with van der Waals surface area (Å²) in [5.74, 6) is 2.04. The van der Waals surface area contributed by atoms with Crippen LogP contribution in [-0.4, -0.2) is 33.9 Å². The van der Waals surface area contributed by atoms with Crippen LogP contribution in [-0.2, 0) is 6.54 Å². The molecule has 0 atom stereocenters. The second-order valence-electron chi connectivity index (χ2n) is 5.14. The molecule has 0 amide bonds. The molecule has 7 heteroatoms. The molecule has 22 heavy (non-hydrogen) atoms. The summed E-state index contributed by atoms with van der Waals surface area (Å²) in [6.45, 7) is 4.11. The van der Waals surface area contributed by atoms with Gasteiger partial charge in [0.1, 0.15) is 0 Å². The molecule has 1 saturated heterocycles. The average Bonchev–Trinajstić information content (AvgIpc) is 2.47. The molecule has 1 heterocycles. The lowest BCUT2D eigenvalue weighted by atomic mass is 9.98. The van der Waals surface area contributed by atoms with Crippen LogP contribution in [0.15, 0.2) is 12.1 Å². The highest BCUT2D eigenvalue weighted by atomic mass is 35.5. The summed E-state index contributed by atoms with van der Waals surface area (Å²) in [6, 6.07) is 3.90. The van der Waals surface area contributed by atoms with E-state index in [2.05, 4.69) is 10.6 Å². The Balaban J connectivity index is 0.00000220. The average molecular weight is 372 g/mol. The van der Waals surface area contributed by atoms with Gasteiger partial charge in [-0.1, -0.05) is 11.6 Å². The Kier molecular flexibility index (Phi) is 11.0. The van der Waals surface area contributed by atoms with Crippen molar-refractivity contribution >= 4 is 36.4 Å². The van der Waals surface area contributed by atoms with Crippen LogP contribution < -0.4 is 20.1 Å². The fourth-order valence-electron chi connectivity index (χ4n) is 2.58. The quantitative estimate of drug-likeness (QED) is 0.805. The van der Waals surface area contributed by atoms with E-state index in [1.165, 1.54) is 12.8 Å². The first-order valence-electron chi connectivity index (χ1n) is 7.06. The lowest BCUT2D eigenvalue weighted by Gasteiger charge is -2.23. The van der Waals surface area contributed by atoms with Crippen molar-refractivity contribution < 1.29 is 9.47 Å². The molecule has 1 aliphatic rings. The van der Waals surface area contributed by atoms with Crippen molar-refractivity contribution in [2.75, 3.05) is 33.9 Å². The Morgan fingerprint density at radius 1 is 1.18 bits per heavy atom. The van der Waals surface area contributed by atoms with Crippen molar-refractivity contribution in [1.29, 1.82) is 0 Å². The number of benzene rings is 1. The van der Waals surface area contributed by atoms with E-state index in [9.17, 15) is 0 Å². The maximum Gasteiger partial charge on any atom is 0.179 e. The van der Waals surface area contributed by atoms with Crippen LogP contribution in [0.3, 0.4) is 0 Å². The number of hydrogen-bond donors (Lipinski definition) is 2. The number of methoxy groups -OCH3 is 2. The topological polar surface area (TPSA) is 42.5 Å². The van der Waals surface area contributed by atoms with Crippen LogP contribution in [0.5, 0.6) is 11.5 Å². The van der Waals surface area contributed by atoms with Crippen LogP contribution in [0.2, 0.25) is 5.02 Å². The van der Waals surface area contributed by atoms with Crippen molar-refractivity contribution in [3.8, 4) is 11.5 Å². The van der Waals surface area contributed by atoms with Crippen molar-refractivity contribution in [2.24, 2.45) is 5.92 Å². The summed E-state index contributed by atoms with van der Waals surface area (Å²) in [4.78, 5) is 0. The lowest BCUT2D eigenvalue weighted by molar-refractivity contribution is 0.351. The van der Waals surface area contributed by atoms with E-state index < -0.39 is 0 Å². The van der Waals surface area contributed by atoms with Gasteiger partial charge in [-0.25, -0.2) is 0 Å². The maximum atomic E-state index is 6.20. The van der Waals surface area contributed by atoms with E-state index in [1.807, 2.05) is 12.1 Å². The van der Waals surface area contributed by atoms with E-state index in [0.717, 1.165) is 37.7 Å². The molecule has 1 aromatic carbocycles. The van der Waals surface area contributed by atoms with Crippen molar-refractivity contribution in [3.05, 3.63) is 22.7 Å². The van der Waals surface area contributed by atoms with Crippen LogP contribution in [0, 0.1) is 5.92 Å². The second-order valence-corrected chi connectivity index (χ2v) is 5.54. The SMILES string of the molecule is COc1cc(CNCC2CCNCC2)cc(Cl)c1OC.Cl.Cl. The Morgan fingerprint density at radius 3 is 2.45 bits per heavy atom. The molecule has 0 bridgehead atoms. The standard InChI is InChI=1S/C15H23ClN2O2.2ClH/c1-19-14-8-12(7-13(16)15(14)20-2)10-18-9-11-3-5-17-6-4-11;;/h7-8,11,17-18H,3-6,9-10H2,1-2H3;2*1H. The van der Waals surface area contributed by atoms with Gasteiger partial charge in [0.25, 0.3) is 0 Å². The zero-order valence-electron chi connectivity index (χ0n) is 13.0. The van der Waals surface area contributed by atoms with Gasteiger partial charge in [0.2, 0.25) is 0 Å². The molecule has 1 fully saturated rings. The van der Waals surface area contributed by atoms with E-state index in [-0.39, 0.29) is 24.8 Å². The van der Waals surface area contributed by atoms with Gasteiger partial charge in [0, 0.05) is 6.54 Å². The molecule has 4 nitrogen and oxygen atoms in total. The molecule has 0 radical (unpaired) electrons. The molecule has 1 aliphatic heterocycles. The molecule has 128 valence electrons. The summed E-state index contributed by atoms with van der Waals surface area (Å²) < 4.78 is 10.5. The first kappa shape index (κ1) is 21.6. The number of halogens is 3. The number of rotatable bonds is 6. The van der Waals surface area contributed by atoms with Gasteiger partial charge in [-0.05, 0) is 56.1 Å². The fraction of sp³-hybridized carbons (Fsp3) is 0.600. The lowest BCUT2D eigenvalue weighted by Crippen LogP contribution is -2.33. The first-order chi connectivity index (χ1) is 9.74. The fourth-order valence-corrected chi connectivity index (χ4v) is 2.89. The molecule has 0 unspecified atom stereocenters. The molecule has 0 saturated carbocycles. The molecule has 0 aromatic heterocycles. The first-order valence-corrected chi connectivity index (χ1v) is 7.44. The molecule has 2 N–H and O–H groups in total. The van der Waals surface area contributed by atoms with Gasteiger partial charge in [0.05, 0.1) is 19.2 Å². The maximum absolute atomic E-state index is 6.20. The number of nitrogens with one attached hydrogen (secondary N) is 2. The van der Waals surface area contributed by atoms with Crippen LogP contribution in [0.25, 0.3) is 0 Å².